The van der Waals surface area contributed by atoms with Crippen molar-refractivity contribution in [2.24, 2.45) is 17.8 Å². The molecule has 0 aromatic heterocycles. The summed E-state index contributed by atoms with van der Waals surface area (Å²) in [6, 6.07) is 0.0564. The van der Waals surface area contributed by atoms with E-state index in [2.05, 4.69) is 0 Å². The molecule has 3 aliphatic rings. The normalized spacial score (nSPS) is 30.7. The van der Waals surface area contributed by atoms with Crippen LogP contribution in [0.25, 0.3) is 0 Å². The van der Waals surface area contributed by atoms with Crippen LogP contribution in [0.3, 0.4) is 0 Å². The molecule has 2 saturated heterocycles. The first-order chi connectivity index (χ1) is 8.74. The molecule has 0 spiro atoms. The van der Waals surface area contributed by atoms with Crippen LogP contribution in [0.1, 0.15) is 40.5 Å². The van der Waals surface area contributed by atoms with Gasteiger partial charge in [0.05, 0.1) is 5.92 Å². The number of carboxylic acids is 1. The maximum atomic E-state index is 12.1. The van der Waals surface area contributed by atoms with Gasteiger partial charge in [-0.3, -0.25) is 4.79 Å². The van der Waals surface area contributed by atoms with Crippen LogP contribution in [-0.2, 0) is 9.53 Å². The van der Waals surface area contributed by atoms with Crippen molar-refractivity contribution in [3.63, 3.8) is 0 Å². The highest BCUT2D eigenvalue weighted by Gasteiger charge is 2.58. The minimum absolute atomic E-state index is 0.0564. The summed E-state index contributed by atoms with van der Waals surface area (Å²) < 4.78 is 5.38. The van der Waals surface area contributed by atoms with Crippen molar-refractivity contribution in [1.82, 2.24) is 4.90 Å². The van der Waals surface area contributed by atoms with E-state index in [4.69, 9.17) is 4.74 Å². The van der Waals surface area contributed by atoms with Gasteiger partial charge >= 0.3 is 12.1 Å². The Labute approximate surface area is 113 Å². The first kappa shape index (κ1) is 14.2. The van der Waals surface area contributed by atoms with Gasteiger partial charge in [0.2, 0.25) is 0 Å². The fourth-order valence-electron chi connectivity index (χ4n) is 3.40. The van der Waals surface area contributed by atoms with Gasteiger partial charge in [0.25, 0.3) is 0 Å². The van der Waals surface area contributed by atoms with Crippen LogP contribution in [0.4, 0.5) is 4.79 Å². The topological polar surface area (TPSA) is 66.8 Å². The molecule has 0 aromatic rings. The number of amides is 1. The predicted octanol–water partition coefficient (Wildman–Crippen LogP) is 2.35. The molecule has 2 aliphatic heterocycles. The van der Waals surface area contributed by atoms with E-state index in [0.717, 1.165) is 6.42 Å². The summed E-state index contributed by atoms with van der Waals surface area (Å²) in [5, 5.41) is 9.25. The van der Waals surface area contributed by atoms with E-state index in [9.17, 15) is 14.7 Å². The summed E-state index contributed by atoms with van der Waals surface area (Å²) in [6.07, 6.45) is 1.24. The summed E-state index contributed by atoms with van der Waals surface area (Å²) >= 11 is 0. The molecular weight excluding hydrogens is 246 g/mol. The first-order valence-corrected chi connectivity index (χ1v) is 6.97. The monoisotopic (exact) mass is 269 g/mol. The fraction of sp³-hybridized carbons (Fsp3) is 0.857. The fourth-order valence-corrected chi connectivity index (χ4v) is 3.40. The molecule has 1 saturated carbocycles. The van der Waals surface area contributed by atoms with Gasteiger partial charge in [0.1, 0.15) is 5.60 Å². The summed E-state index contributed by atoms with van der Waals surface area (Å²) in [6.45, 7) is 8.07. The van der Waals surface area contributed by atoms with E-state index in [0.29, 0.717) is 18.9 Å². The molecule has 108 valence electrons. The van der Waals surface area contributed by atoms with Crippen LogP contribution in [-0.4, -0.2) is 40.3 Å². The molecule has 1 N–H and O–H groups in total. The molecule has 5 heteroatoms. The smallest absolute Gasteiger partial charge is 0.410 e. The van der Waals surface area contributed by atoms with Crippen LogP contribution in [0, 0.1) is 17.8 Å². The molecule has 2 heterocycles. The molecular formula is C14H23NO4. The molecule has 3 fully saturated rings. The quantitative estimate of drug-likeness (QED) is 0.854. The lowest BCUT2D eigenvalue weighted by molar-refractivity contribution is -0.146. The predicted molar refractivity (Wildman–Crippen MR) is 69.7 cm³/mol. The minimum atomic E-state index is -0.742. The minimum Gasteiger partial charge on any atom is -0.481 e. The molecule has 0 radical (unpaired) electrons. The van der Waals surface area contributed by atoms with Gasteiger partial charge in [0.15, 0.2) is 0 Å². The number of carbonyl (C=O) groups excluding carboxylic acids is 1. The van der Waals surface area contributed by atoms with E-state index in [1.165, 1.54) is 0 Å². The standard InChI is InChI=1S/C14H23NO4/c1-5-9(12(16)17)11-8-6-10(11)15(7-8)13(18)19-14(2,3)4/h8-11H,5-7H2,1-4H3,(H,16,17)/t8-,9?,10-,11?/m0/s1. The number of nitrogens with zero attached hydrogens (tertiary/aromatic N) is 1. The van der Waals surface area contributed by atoms with Crippen LogP contribution in [0.5, 0.6) is 0 Å². The van der Waals surface area contributed by atoms with Crippen LogP contribution in [0.15, 0.2) is 0 Å². The second-order valence-corrected chi connectivity index (χ2v) is 6.63. The molecule has 1 amide bonds. The average Bonchev–Trinajstić information content (AvgIpc) is 2.80. The number of hydrogen-bond donors (Lipinski definition) is 1. The van der Waals surface area contributed by atoms with E-state index >= 15 is 0 Å². The van der Waals surface area contributed by atoms with Gasteiger partial charge in [-0.25, -0.2) is 4.79 Å². The van der Waals surface area contributed by atoms with Gasteiger partial charge in [-0.15, -0.1) is 0 Å². The first-order valence-electron chi connectivity index (χ1n) is 6.97. The van der Waals surface area contributed by atoms with E-state index in [1.807, 2.05) is 27.7 Å². The van der Waals surface area contributed by atoms with Crippen molar-refractivity contribution in [3.8, 4) is 0 Å². The van der Waals surface area contributed by atoms with Gasteiger partial charge in [-0.2, -0.15) is 0 Å². The molecule has 2 unspecified atom stereocenters. The Hall–Kier alpha value is -1.26. The van der Waals surface area contributed by atoms with Crippen molar-refractivity contribution < 1.29 is 19.4 Å². The zero-order valence-electron chi connectivity index (χ0n) is 12.0. The number of hydrogen-bond acceptors (Lipinski definition) is 3. The summed E-state index contributed by atoms with van der Waals surface area (Å²) in [5.41, 5.74) is -0.503. The Kier molecular flexibility index (Phi) is 3.49. The number of ether oxygens (including phenoxy) is 1. The van der Waals surface area contributed by atoms with E-state index in [1.54, 1.807) is 4.90 Å². The molecule has 3 rings (SSSR count). The van der Waals surface area contributed by atoms with Crippen molar-refractivity contribution >= 4 is 12.1 Å². The number of fused-ring (bicyclic) bond motifs is 1. The van der Waals surface area contributed by atoms with Crippen molar-refractivity contribution in [3.05, 3.63) is 0 Å². The number of carbonyl (C=O) groups is 2. The number of rotatable bonds is 3. The Morgan fingerprint density at radius 1 is 1.42 bits per heavy atom. The molecule has 5 nitrogen and oxygen atoms in total. The summed E-state index contributed by atoms with van der Waals surface area (Å²) in [7, 11) is 0. The highest BCUT2D eigenvalue weighted by molar-refractivity contribution is 5.73. The maximum absolute atomic E-state index is 12.1. The van der Waals surface area contributed by atoms with E-state index < -0.39 is 11.6 Å². The molecule has 2 bridgehead atoms. The van der Waals surface area contributed by atoms with Crippen molar-refractivity contribution in [2.45, 2.75) is 52.2 Å². The van der Waals surface area contributed by atoms with Crippen molar-refractivity contribution in [1.29, 1.82) is 0 Å². The zero-order chi connectivity index (χ0) is 14.4. The third kappa shape index (κ3) is 2.55. The lowest BCUT2D eigenvalue weighted by Gasteiger charge is -2.39. The van der Waals surface area contributed by atoms with Gasteiger partial charge in [0, 0.05) is 12.6 Å². The SMILES string of the molecule is CCC(C(=O)O)C1[C@H]2C[C@@H]1N(C(=O)OC(C)(C)C)C2. The third-order valence-electron chi connectivity index (χ3n) is 4.21. The largest absolute Gasteiger partial charge is 0.481 e. The van der Waals surface area contributed by atoms with Crippen molar-refractivity contribution in [2.75, 3.05) is 6.54 Å². The van der Waals surface area contributed by atoms with Gasteiger partial charge < -0.3 is 14.7 Å². The maximum Gasteiger partial charge on any atom is 0.410 e. The molecule has 4 atom stereocenters. The van der Waals surface area contributed by atoms with Crippen LogP contribution < -0.4 is 0 Å². The number of aliphatic carboxylic acids is 1. The Morgan fingerprint density at radius 3 is 2.53 bits per heavy atom. The third-order valence-corrected chi connectivity index (χ3v) is 4.21. The Morgan fingerprint density at radius 2 is 2.05 bits per heavy atom. The second kappa shape index (κ2) is 4.69. The number of carboxylic acid groups (broad SMARTS) is 1. The summed E-state index contributed by atoms with van der Waals surface area (Å²) in [4.78, 5) is 25.1. The van der Waals surface area contributed by atoms with Crippen LogP contribution in [0.2, 0.25) is 0 Å². The lowest BCUT2D eigenvalue weighted by Crippen LogP contribution is -2.47. The Balaban J connectivity index is 2.02. The summed E-state index contributed by atoms with van der Waals surface area (Å²) in [5.74, 6) is -0.641. The highest BCUT2D eigenvalue weighted by atomic mass is 16.6. The highest BCUT2D eigenvalue weighted by Crippen LogP contribution is 2.51. The molecule has 0 aromatic carbocycles. The molecule has 19 heavy (non-hydrogen) atoms. The second-order valence-electron chi connectivity index (χ2n) is 6.63. The van der Waals surface area contributed by atoms with Gasteiger partial charge in [-0.05, 0) is 45.4 Å². The van der Waals surface area contributed by atoms with E-state index in [-0.39, 0.29) is 24.0 Å². The van der Waals surface area contributed by atoms with Gasteiger partial charge in [-0.1, -0.05) is 6.92 Å². The molecule has 1 aliphatic carbocycles. The zero-order valence-corrected chi connectivity index (χ0v) is 12.0. The average molecular weight is 269 g/mol. The lowest BCUT2D eigenvalue weighted by atomic mass is 9.66. The van der Waals surface area contributed by atoms with Crippen LogP contribution >= 0.6 is 0 Å². The Bertz CT molecular complexity index is 387.